The largest absolute Gasteiger partial charge is 0.355 e. The molecule has 0 fully saturated rings. The number of anilines is 2. The van der Waals surface area contributed by atoms with E-state index in [9.17, 15) is 4.79 Å². The zero-order valence-electron chi connectivity index (χ0n) is 12.4. The van der Waals surface area contributed by atoms with E-state index >= 15 is 0 Å². The predicted molar refractivity (Wildman–Crippen MR) is 91.2 cm³/mol. The first-order valence-electron chi connectivity index (χ1n) is 6.98. The van der Waals surface area contributed by atoms with Gasteiger partial charge in [0.05, 0.1) is 5.52 Å². The van der Waals surface area contributed by atoms with Gasteiger partial charge in [-0.1, -0.05) is 23.7 Å². The number of halogens is 1. The summed E-state index contributed by atoms with van der Waals surface area (Å²) < 4.78 is 0. The zero-order chi connectivity index (χ0) is 15.7. The fourth-order valence-electron chi connectivity index (χ4n) is 2.42. The number of carbonyl (C=O) groups is 1. The predicted octanol–water partition coefficient (Wildman–Crippen LogP) is 5.14. The SMILES string of the molecule is CC(=O)c1cccc(Nc2ccnc3c(C)c(Cl)ccc23)c1. The third-order valence-electron chi connectivity index (χ3n) is 3.65. The summed E-state index contributed by atoms with van der Waals surface area (Å²) in [6.07, 6.45) is 1.75. The monoisotopic (exact) mass is 310 g/mol. The van der Waals surface area contributed by atoms with Crippen LogP contribution in [0.15, 0.2) is 48.7 Å². The smallest absolute Gasteiger partial charge is 0.159 e. The molecule has 0 aliphatic heterocycles. The van der Waals surface area contributed by atoms with Gasteiger partial charge >= 0.3 is 0 Å². The number of benzene rings is 2. The molecule has 1 heterocycles. The van der Waals surface area contributed by atoms with Crippen LogP contribution in [0.5, 0.6) is 0 Å². The van der Waals surface area contributed by atoms with Crippen LogP contribution in [0.1, 0.15) is 22.8 Å². The molecular weight excluding hydrogens is 296 g/mol. The Hall–Kier alpha value is -2.39. The highest BCUT2D eigenvalue weighted by Gasteiger charge is 2.08. The van der Waals surface area contributed by atoms with Crippen molar-refractivity contribution in [1.82, 2.24) is 4.98 Å². The maximum Gasteiger partial charge on any atom is 0.159 e. The first kappa shape index (κ1) is 14.5. The van der Waals surface area contributed by atoms with Crippen LogP contribution in [-0.2, 0) is 0 Å². The van der Waals surface area contributed by atoms with Crippen molar-refractivity contribution in [2.45, 2.75) is 13.8 Å². The number of aryl methyl sites for hydroxylation is 1. The highest BCUT2D eigenvalue weighted by atomic mass is 35.5. The van der Waals surface area contributed by atoms with Crippen LogP contribution in [0, 0.1) is 6.92 Å². The average molecular weight is 311 g/mol. The minimum atomic E-state index is 0.0471. The number of nitrogens with one attached hydrogen (secondary N) is 1. The van der Waals surface area contributed by atoms with Crippen molar-refractivity contribution in [1.29, 1.82) is 0 Å². The lowest BCUT2D eigenvalue weighted by atomic mass is 10.1. The summed E-state index contributed by atoms with van der Waals surface area (Å²) >= 11 is 6.16. The van der Waals surface area contributed by atoms with Crippen LogP contribution < -0.4 is 5.32 Å². The molecule has 0 saturated carbocycles. The van der Waals surface area contributed by atoms with E-state index in [1.54, 1.807) is 13.1 Å². The molecule has 0 radical (unpaired) electrons. The van der Waals surface area contributed by atoms with E-state index < -0.39 is 0 Å². The molecule has 22 heavy (non-hydrogen) atoms. The van der Waals surface area contributed by atoms with E-state index in [4.69, 9.17) is 11.6 Å². The first-order valence-corrected chi connectivity index (χ1v) is 7.36. The van der Waals surface area contributed by atoms with Crippen LogP contribution in [0.2, 0.25) is 5.02 Å². The lowest BCUT2D eigenvalue weighted by molar-refractivity contribution is 0.101. The van der Waals surface area contributed by atoms with Crippen LogP contribution in [0.3, 0.4) is 0 Å². The van der Waals surface area contributed by atoms with Crippen LogP contribution >= 0.6 is 11.6 Å². The molecule has 0 aliphatic carbocycles. The van der Waals surface area contributed by atoms with Gasteiger partial charge in [0.25, 0.3) is 0 Å². The number of aromatic nitrogens is 1. The summed E-state index contributed by atoms with van der Waals surface area (Å²) in [5, 5.41) is 5.06. The summed E-state index contributed by atoms with van der Waals surface area (Å²) in [7, 11) is 0. The third-order valence-corrected chi connectivity index (χ3v) is 4.06. The number of hydrogen-bond donors (Lipinski definition) is 1. The van der Waals surface area contributed by atoms with Crippen molar-refractivity contribution in [2.24, 2.45) is 0 Å². The molecule has 3 nitrogen and oxygen atoms in total. The Balaban J connectivity index is 2.06. The van der Waals surface area contributed by atoms with Gasteiger partial charge in [-0.05, 0) is 49.7 Å². The molecule has 1 N–H and O–H groups in total. The van der Waals surface area contributed by atoms with Gasteiger partial charge in [-0.3, -0.25) is 9.78 Å². The van der Waals surface area contributed by atoms with E-state index in [1.165, 1.54) is 0 Å². The van der Waals surface area contributed by atoms with Gasteiger partial charge < -0.3 is 5.32 Å². The second kappa shape index (κ2) is 5.78. The fourth-order valence-corrected chi connectivity index (χ4v) is 2.57. The molecule has 3 aromatic rings. The van der Waals surface area contributed by atoms with Crippen molar-refractivity contribution < 1.29 is 4.79 Å². The summed E-state index contributed by atoms with van der Waals surface area (Å²) in [6.45, 7) is 3.52. The van der Waals surface area contributed by atoms with Crippen LogP contribution in [0.4, 0.5) is 11.4 Å². The van der Waals surface area contributed by atoms with Gasteiger partial charge in [0, 0.05) is 33.5 Å². The zero-order valence-corrected chi connectivity index (χ0v) is 13.1. The molecule has 0 unspecified atom stereocenters. The highest BCUT2D eigenvalue weighted by molar-refractivity contribution is 6.32. The number of Topliss-reactive ketones (excluding diaryl/α,β-unsaturated/α-hetero) is 1. The van der Waals surface area contributed by atoms with Crippen molar-refractivity contribution >= 4 is 39.7 Å². The second-order valence-corrected chi connectivity index (χ2v) is 5.60. The molecule has 3 rings (SSSR count). The minimum absolute atomic E-state index is 0.0471. The molecule has 2 aromatic carbocycles. The summed E-state index contributed by atoms with van der Waals surface area (Å²) in [5.41, 5.74) is 4.32. The van der Waals surface area contributed by atoms with Crippen molar-refractivity contribution in [2.75, 3.05) is 5.32 Å². The quantitative estimate of drug-likeness (QED) is 0.681. The standard InChI is InChI=1S/C18H15ClN2O/c1-11-16(19)7-6-15-17(8-9-20-18(11)15)21-14-5-3-4-13(10-14)12(2)22/h3-10H,1-2H3,(H,20,21). The maximum absolute atomic E-state index is 11.5. The Labute approximate surface area is 133 Å². The molecular formula is C18H15ClN2O. The minimum Gasteiger partial charge on any atom is -0.355 e. The average Bonchev–Trinajstić information content (AvgIpc) is 2.52. The fraction of sp³-hybridized carbons (Fsp3) is 0.111. The van der Waals surface area contributed by atoms with E-state index in [0.29, 0.717) is 10.6 Å². The van der Waals surface area contributed by atoms with Crippen molar-refractivity contribution in [3.63, 3.8) is 0 Å². The number of nitrogens with zero attached hydrogens (tertiary/aromatic N) is 1. The summed E-state index contributed by atoms with van der Waals surface area (Å²) in [6, 6.07) is 13.2. The molecule has 110 valence electrons. The molecule has 0 bridgehead atoms. The van der Waals surface area contributed by atoms with Gasteiger partial charge in [-0.25, -0.2) is 0 Å². The van der Waals surface area contributed by atoms with Gasteiger partial charge in [-0.15, -0.1) is 0 Å². The normalized spacial score (nSPS) is 10.7. The number of fused-ring (bicyclic) bond motifs is 1. The molecule has 0 spiro atoms. The molecule has 0 amide bonds. The second-order valence-electron chi connectivity index (χ2n) is 5.19. The molecule has 4 heteroatoms. The van der Waals surface area contributed by atoms with Crippen molar-refractivity contribution in [3.05, 3.63) is 64.8 Å². The van der Waals surface area contributed by atoms with E-state index in [0.717, 1.165) is 27.8 Å². The molecule has 1 aromatic heterocycles. The third kappa shape index (κ3) is 2.68. The Morgan fingerprint density at radius 3 is 2.77 bits per heavy atom. The lowest BCUT2D eigenvalue weighted by Crippen LogP contribution is -1.97. The Kier molecular flexibility index (Phi) is 3.82. The number of rotatable bonds is 3. The van der Waals surface area contributed by atoms with Crippen LogP contribution in [-0.4, -0.2) is 10.8 Å². The van der Waals surface area contributed by atoms with E-state index in [1.807, 2.05) is 49.4 Å². The van der Waals surface area contributed by atoms with E-state index in [-0.39, 0.29) is 5.78 Å². The van der Waals surface area contributed by atoms with E-state index in [2.05, 4.69) is 10.3 Å². The Morgan fingerprint density at radius 1 is 1.18 bits per heavy atom. The van der Waals surface area contributed by atoms with Gasteiger partial charge in [0.2, 0.25) is 0 Å². The lowest BCUT2D eigenvalue weighted by Gasteiger charge is -2.12. The van der Waals surface area contributed by atoms with Crippen LogP contribution in [0.25, 0.3) is 10.9 Å². The maximum atomic E-state index is 11.5. The number of carbonyl (C=O) groups excluding carboxylic acids is 1. The molecule has 0 atom stereocenters. The summed E-state index contributed by atoms with van der Waals surface area (Å²) in [5.74, 6) is 0.0471. The van der Waals surface area contributed by atoms with Gasteiger partial charge in [0.15, 0.2) is 5.78 Å². The Bertz CT molecular complexity index is 874. The topological polar surface area (TPSA) is 42.0 Å². The number of pyridine rings is 1. The summed E-state index contributed by atoms with van der Waals surface area (Å²) in [4.78, 5) is 15.9. The molecule has 0 saturated heterocycles. The van der Waals surface area contributed by atoms with Crippen molar-refractivity contribution in [3.8, 4) is 0 Å². The van der Waals surface area contributed by atoms with Gasteiger partial charge in [-0.2, -0.15) is 0 Å². The number of ketones is 1. The molecule has 0 aliphatic rings. The Morgan fingerprint density at radius 2 is 2.00 bits per heavy atom. The first-order chi connectivity index (χ1) is 10.6. The number of hydrogen-bond acceptors (Lipinski definition) is 3. The van der Waals surface area contributed by atoms with Gasteiger partial charge in [0.1, 0.15) is 0 Å². The highest BCUT2D eigenvalue weighted by Crippen LogP contribution is 2.30.